The number of hydrogen-bond acceptors (Lipinski definition) is 2. The van der Waals surface area contributed by atoms with Crippen molar-refractivity contribution in [3.63, 3.8) is 0 Å². The van der Waals surface area contributed by atoms with Crippen LogP contribution in [0.3, 0.4) is 0 Å². The highest BCUT2D eigenvalue weighted by Gasteiger charge is 2.33. The lowest BCUT2D eigenvalue weighted by atomic mass is 9.78. The van der Waals surface area contributed by atoms with E-state index in [1.54, 1.807) is 0 Å². The van der Waals surface area contributed by atoms with E-state index in [-0.39, 0.29) is 6.10 Å². The van der Waals surface area contributed by atoms with Gasteiger partial charge in [0.2, 0.25) is 0 Å². The molecule has 2 N–H and O–H groups in total. The molecule has 0 spiro atoms. The summed E-state index contributed by atoms with van der Waals surface area (Å²) >= 11 is 0. The molecule has 19 heavy (non-hydrogen) atoms. The second kappa shape index (κ2) is 7.64. The summed E-state index contributed by atoms with van der Waals surface area (Å²) in [7, 11) is 0. The van der Waals surface area contributed by atoms with Crippen LogP contribution < -0.4 is 5.32 Å². The average Bonchev–Trinajstić information content (AvgIpc) is 2.44. The summed E-state index contributed by atoms with van der Waals surface area (Å²) in [6.07, 6.45) is 12.0. The van der Waals surface area contributed by atoms with Crippen LogP contribution in [-0.2, 0) is 0 Å². The first-order valence-electron chi connectivity index (χ1n) is 8.58. The summed E-state index contributed by atoms with van der Waals surface area (Å²) in [6, 6.07) is 0.632. The zero-order valence-corrected chi connectivity index (χ0v) is 12.9. The Morgan fingerprint density at radius 1 is 0.789 bits per heavy atom. The molecule has 0 amide bonds. The molecule has 0 aromatic heterocycles. The number of aliphatic hydroxyl groups is 1. The van der Waals surface area contributed by atoms with Crippen molar-refractivity contribution < 1.29 is 5.11 Å². The lowest BCUT2D eigenvalue weighted by Gasteiger charge is -2.39. The monoisotopic (exact) mass is 267 g/mol. The maximum absolute atomic E-state index is 9.66. The Morgan fingerprint density at radius 2 is 1.37 bits per heavy atom. The van der Waals surface area contributed by atoms with Gasteiger partial charge in [0, 0.05) is 12.0 Å². The number of rotatable bonds is 0. The van der Waals surface area contributed by atoms with Crippen LogP contribution in [0.15, 0.2) is 0 Å². The van der Waals surface area contributed by atoms with Crippen LogP contribution in [-0.4, -0.2) is 23.8 Å². The van der Waals surface area contributed by atoms with Crippen LogP contribution in [0.5, 0.6) is 0 Å². The van der Waals surface area contributed by atoms with Crippen molar-refractivity contribution in [3.05, 3.63) is 0 Å². The summed E-state index contributed by atoms with van der Waals surface area (Å²) in [6.45, 7) is 5.75. The van der Waals surface area contributed by atoms with Gasteiger partial charge in [-0.25, -0.2) is 0 Å². The highest BCUT2D eigenvalue weighted by molar-refractivity contribution is 4.89. The van der Waals surface area contributed by atoms with Gasteiger partial charge in [0.25, 0.3) is 0 Å². The Kier molecular flexibility index (Phi) is 6.15. The van der Waals surface area contributed by atoms with Crippen molar-refractivity contribution in [1.82, 2.24) is 5.32 Å². The van der Waals surface area contributed by atoms with Crippen LogP contribution in [0.1, 0.15) is 71.6 Å². The maximum Gasteiger partial charge on any atom is 0.0595 e. The molecule has 3 aliphatic rings. The molecule has 0 aromatic carbocycles. The maximum atomic E-state index is 9.66. The fourth-order valence-electron chi connectivity index (χ4n) is 3.93. The van der Waals surface area contributed by atoms with Gasteiger partial charge in [0.15, 0.2) is 0 Å². The Bertz CT molecular complexity index is 236. The van der Waals surface area contributed by atoms with E-state index in [1.807, 2.05) is 0 Å². The SMILES string of the molecule is CC1CCC(C)CC1.OC1CCNC2CCCCC12. The molecule has 2 nitrogen and oxygen atoms in total. The van der Waals surface area contributed by atoms with Crippen molar-refractivity contribution in [3.8, 4) is 0 Å². The second-order valence-corrected chi connectivity index (χ2v) is 7.23. The Morgan fingerprint density at radius 3 is 1.95 bits per heavy atom. The Hall–Kier alpha value is -0.0800. The molecule has 2 saturated carbocycles. The first-order valence-corrected chi connectivity index (χ1v) is 8.58. The van der Waals surface area contributed by atoms with Crippen molar-refractivity contribution in [2.24, 2.45) is 17.8 Å². The number of aliphatic hydroxyl groups excluding tert-OH is 1. The number of hydrogen-bond donors (Lipinski definition) is 2. The standard InChI is InChI=1S/C9H17NO.C8H16/c11-9-5-6-10-8-4-2-1-3-7(8)9;1-7-3-5-8(2)6-4-7/h7-11H,1-6H2;7-8H,3-6H2,1-2H3. The van der Waals surface area contributed by atoms with E-state index < -0.39 is 0 Å². The summed E-state index contributed by atoms with van der Waals surface area (Å²) < 4.78 is 0. The van der Waals surface area contributed by atoms with Gasteiger partial charge in [0.1, 0.15) is 0 Å². The van der Waals surface area contributed by atoms with Gasteiger partial charge in [-0.2, -0.15) is 0 Å². The van der Waals surface area contributed by atoms with Crippen LogP contribution in [0, 0.1) is 17.8 Å². The second-order valence-electron chi connectivity index (χ2n) is 7.23. The molecule has 3 unspecified atom stereocenters. The smallest absolute Gasteiger partial charge is 0.0595 e. The predicted molar refractivity (Wildman–Crippen MR) is 81.2 cm³/mol. The minimum absolute atomic E-state index is 0.0125. The van der Waals surface area contributed by atoms with Crippen molar-refractivity contribution in [2.45, 2.75) is 83.8 Å². The third-order valence-corrected chi connectivity index (χ3v) is 5.46. The third-order valence-electron chi connectivity index (χ3n) is 5.46. The van der Waals surface area contributed by atoms with Gasteiger partial charge in [0.05, 0.1) is 6.10 Å². The van der Waals surface area contributed by atoms with E-state index in [2.05, 4.69) is 19.2 Å². The van der Waals surface area contributed by atoms with E-state index in [0.717, 1.165) is 24.8 Å². The molecular weight excluding hydrogens is 234 g/mol. The van der Waals surface area contributed by atoms with Gasteiger partial charge >= 0.3 is 0 Å². The van der Waals surface area contributed by atoms with E-state index >= 15 is 0 Å². The molecule has 1 heterocycles. The number of nitrogens with one attached hydrogen (secondary N) is 1. The Labute approximate surface area is 119 Å². The first-order chi connectivity index (χ1) is 9.16. The first kappa shape index (κ1) is 15.3. The summed E-state index contributed by atoms with van der Waals surface area (Å²) in [5.41, 5.74) is 0. The van der Waals surface area contributed by atoms with Gasteiger partial charge in [-0.3, -0.25) is 0 Å². The largest absolute Gasteiger partial charge is 0.393 e. The molecule has 3 atom stereocenters. The molecule has 0 radical (unpaired) electrons. The van der Waals surface area contributed by atoms with Crippen LogP contribution in [0.2, 0.25) is 0 Å². The average molecular weight is 267 g/mol. The van der Waals surface area contributed by atoms with Crippen molar-refractivity contribution >= 4 is 0 Å². The molecule has 2 heteroatoms. The molecule has 3 rings (SSSR count). The molecule has 3 fully saturated rings. The molecule has 0 aromatic rings. The molecular formula is C17H33NO. The summed E-state index contributed by atoms with van der Waals surface area (Å²) in [4.78, 5) is 0. The zero-order valence-electron chi connectivity index (χ0n) is 12.9. The van der Waals surface area contributed by atoms with Gasteiger partial charge < -0.3 is 10.4 Å². The van der Waals surface area contributed by atoms with Gasteiger partial charge in [-0.05, 0) is 37.6 Å². The molecule has 1 saturated heterocycles. The van der Waals surface area contributed by atoms with Gasteiger partial charge in [-0.1, -0.05) is 52.4 Å². The summed E-state index contributed by atoms with van der Waals surface area (Å²) in [5.74, 6) is 2.61. The van der Waals surface area contributed by atoms with Crippen LogP contribution in [0.25, 0.3) is 0 Å². The molecule has 112 valence electrons. The van der Waals surface area contributed by atoms with E-state index in [0.29, 0.717) is 12.0 Å². The van der Waals surface area contributed by atoms with Gasteiger partial charge in [-0.15, -0.1) is 0 Å². The van der Waals surface area contributed by atoms with Crippen LogP contribution >= 0.6 is 0 Å². The number of piperidine rings is 1. The van der Waals surface area contributed by atoms with E-state index in [9.17, 15) is 5.11 Å². The summed E-state index contributed by atoms with van der Waals surface area (Å²) in [5, 5.41) is 13.2. The molecule has 0 bridgehead atoms. The predicted octanol–water partition coefficient (Wildman–Crippen LogP) is 3.73. The topological polar surface area (TPSA) is 32.3 Å². The van der Waals surface area contributed by atoms with E-state index in [1.165, 1.54) is 51.4 Å². The van der Waals surface area contributed by atoms with E-state index in [4.69, 9.17) is 0 Å². The fourth-order valence-corrected chi connectivity index (χ4v) is 3.93. The molecule has 2 aliphatic carbocycles. The minimum Gasteiger partial charge on any atom is -0.393 e. The number of fused-ring (bicyclic) bond motifs is 1. The fraction of sp³-hybridized carbons (Fsp3) is 1.00. The zero-order chi connectivity index (χ0) is 13.7. The lowest BCUT2D eigenvalue weighted by molar-refractivity contribution is 0.0317. The third kappa shape index (κ3) is 4.75. The normalized spacial score (nSPS) is 42.8. The van der Waals surface area contributed by atoms with Crippen LogP contribution in [0.4, 0.5) is 0 Å². The lowest BCUT2D eigenvalue weighted by Crippen LogP contribution is -2.49. The minimum atomic E-state index is -0.0125. The molecule has 1 aliphatic heterocycles. The van der Waals surface area contributed by atoms with Crippen molar-refractivity contribution in [1.29, 1.82) is 0 Å². The van der Waals surface area contributed by atoms with Crippen molar-refractivity contribution in [2.75, 3.05) is 6.54 Å². The quantitative estimate of drug-likeness (QED) is 0.701. The highest BCUT2D eigenvalue weighted by Crippen LogP contribution is 2.30. The highest BCUT2D eigenvalue weighted by atomic mass is 16.3. The Balaban J connectivity index is 0.000000148.